The monoisotopic (exact) mass is 486 g/mol. The van der Waals surface area contributed by atoms with Gasteiger partial charge in [-0.15, -0.1) is 0 Å². The molecule has 0 saturated carbocycles. The summed E-state index contributed by atoms with van der Waals surface area (Å²) in [5.74, 6) is -0.149. The zero-order valence-electron chi connectivity index (χ0n) is 17.6. The Labute approximate surface area is 201 Å². The summed E-state index contributed by atoms with van der Waals surface area (Å²) >= 11 is 14.4. The minimum atomic E-state index is -0.149. The summed E-state index contributed by atoms with van der Waals surface area (Å²) in [6.45, 7) is 1.75. The molecular weight excluding hydrogens is 463 g/mol. The van der Waals surface area contributed by atoms with Gasteiger partial charge in [0.05, 0.1) is 16.4 Å². The van der Waals surface area contributed by atoms with E-state index in [1.165, 1.54) is 12.0 Å². The molecule has 0 spiro atoms. The van der Waals surface area contributed by atoms with E-state index in [0.717, 1.165) is 67.7 Å². The van der Waals surface area contributed by atoms with Crippen molar-refractivity contribution in [2.75, 3.05) is 13.1 Å². The van der Waals surface area contributed by atoms with Gasteiger partial charge in [0.2, 0.25) is 0 Å². The number of rotatable bonds is 4. The topological polar surface area (TPSA) is 50.2 Å². The largest absolute Gasteiger partial charge is 0.286 e. The summed E-state index contributed by atoms with van der Waals surface area (Å²) in [6.07, 6.45) is 8.32. The van der Waals surface area contributed by atoms with Crippen molar-refractivity contribution in [3.8, 4) is 5.69 Å². The first-order valence-electron chi connectivity index (χ1n) is 11.0. The van der Waals surface area contributed by atoms with Crippen LogP contribution in [0.25, 0.3) is 17.3 Å². The number of amides is 1. The number of nitrogens with zero attached hydrogens (tertiary/aromatic N) is 3. The molecule has 1 aliphatic heterocycles. The second-order valence-electron chi connectivity index (χ2n) is 8.25. The van der Waals surface area contributed by atoms with Crippen molar-refractivity contribution >= 4 is 52.1 Å². The van der Waals surface area contributed by atoms with E-state index in [9.17, 15) is 4.79 Å². The Bertz CT molecular complexity index is 1160. The molecule has 1 aromatic carbocycles. The molecular formula is C24H24Cl2N4OS. The first-order valence-corrected chi connectivity index (χ1v) is 12.7. The molecule has 3 aromatic rings. The van der Waals surface area contributed by atoms with Crippen LogP contribution in [0, 0.1) is 0 Å². The molecule has 0 radical (unpaired) electrons. The molecule has 1 saturated heterocycles. The first kappa shape index (κ1) is 21.7. The molecule has 1 fully saturated rings. The molecule has 1 amide bonds. The van der Waals surface area contributed by atoms with Gasteiger partial charge in [0, 0.05) is 23.7 Å². The Morgan fingerprint density at radius 2 is 1.94 bits per heavy atom. The minimum Gasteiger partial charge on any atom is -0.283 e. The zero-order valence-corrected chi connectivity index (χ0v) is 19.9. The quantitative estimate of drug-likeness (QED) is 0.474. The zero-order chi connectivity index (χ0) is 22.1. The van der Waals surface area contributed by atoms with Crippen LogP contribution >= 0.6 is 34.5 Å². The lowest BCUT2D eigenvalue weighted by Crippen LogP contribution is -2.45. The minimum absolute atomic E-state index is 0.149. The maximum Gasteiger partial charge on any atom is 0.286 e. The molecule has 32 heavy (non-hydrogen) atoms. The molecule has 166 valence electrons. The highest BCUT2D eigenvalue weighted by Crippen LogP contribution is 2.37. The van der Waals surface area contributed by atoms with Gasteiger partial charge < -0.3 is 0 Å². The number of halogens is 2. The van der Waals surface area contributed by atoms with E-state index in [1.54, 1.807) is 23.5 Å². The van der Waals surface area contributed by atoms with Gasteiger partial charge in [0.15, 0.2) is 5.69 Å². The van der Waals surface area contributed by atoms with Gasteiger partial charge in [-0.2, -0.15) is 16.4 Å². The van der Waals surface area contributed by atoms with Gasteiger partial charge in [-0.3, -0.25) is 10.2 Å². The Hall–Kier alpha value is -2.12. The number of allylic oxidation sites excluding steroid dienone is 1. The van der Waals surface area contributed by atoms with E-state index >= 15 is 0 Å². The summed E-state index contributed by atoms with van der Waals surface area (Å²) in [4.78, 5) is 13.3. The Morgan fingerprint density at radius 1 is 1.09 bits per heavy atom. The molecule has 2 aromatic heterocycles. The predicted molar refractivity (Wildman–Crippen MR) is 132 cm³/mol. The molecule has 1 N–H and O–H groups in total. The maximum absolute atomic E-state index is 13.3. The average molecular weight is 487 g/mol. The van der Waals surface area contributed by atoms with Crippen LogP contribution < -0.4 is 5.43 Å². The highest BCUT2D eigenvalue weighted by atomic mass is 35.5. The second kappa shape index (κ2) is 9.40. The van der Waals surface area contributed by atoms with Gasteiger partial charge in [0.25, 0.3) is 5.91 Å². The van der Waals surface area contributed by atoms with Crippen LogP contribution in [0.2, 0.25) is 10.0 Å². The number of benzene rings is 1. The normalized spacial score (nSPS) is 18.0. The fraction of sp³-hybridized carbons (Fsp3) is 0.333. The van der Waals surface area contributed by atoms with Crippen molar-refractivity contribution in [3.63, 3.8) is 0 Å². The van der Waals surface area contributed by atoms with Crippen molar-refractivity contribution < 1.29 is 4.79 Å². The van der Waals surface area contributed by atoms with Crippen molar-refractivity contribution in [2.45, 2.75) is 38.5 Å². The summed E-state index contributed by atoms with van der Waals surface area (Å²) in [5.41, 5.74) is 8.56. The van der Waals surface area contributed by atoms with Crippen LogP contribution in [0.15, 0.2) is 35.0 Å². The van der Waals surface area contributed by atoms with Crippen LogP contribution in [-0.2, 0) is 6.42 Å². The SMILES string of the molecule is O=C(NN1CCCCC1)c1nn(-c2ccc(Cl)cc2Cl)c2c1CCC/C2=C\c1ccsc1. The summed E-state index contributed by atoms with van der Waals surface area (Å²) < 4.78 is 1.83. The van der Waals surface area contributed by atoms with E-state index in [-0.39, 0.29) is 5.91 Å². The van der Waals surface area contributed by atoms with Crippen molar-refractivity contribution in [3.05, 3.63) is 67.6 Å². The summed E-state index contributed by atoms with van der Waals surface area (Å²) in [7, 11) is 0. The van der Waals surface area contributed by atoms with E-state index in [4.69, 9.17) is 28.3 Å². The average Bonchev–Trinajstić information content (AvgIpc) is 3.43. The molecule has 5 rings (SSSR count). The molecule has 2 aliphatic rings. The van der Waals surface area contributed by atoms with Crippen molar-refractivity contribution in [1.29, 1.82) is 0 Å². The summed E-state index contributed by atoms with van der Waals surface area (Å²) in [6, 6.07) is 7.48. The first-order chi connectivity index (χ1) is 15.6. The molecule has 1 aliphatic carbocycles. The number of nitrogens with one attached hydrogen (secondary N) is 1. The third-order valence-electron chi connectivity index (χ3n) is 6.01. The number of hydrazine groups is 1. The lowest BCUT2D eigenvalue weighted by molar-refractivity contribution is 0.0743. The fourth-order valence-electron chi connectivity index (χ4n) is 4.50. The smallest absolute Gasteiger partial charge is 0.283 e. The van der Waals surface area contributed by atoms with Gasteiger partial charge in [0.1, 0.15) is 0 Å². The van der Waals surface area contributed by atoms with Crippen molar-refractivity contribution in [1.82, 2.24) is 20.2 Å². The van der Waals surface area contributed by atoms with E-state index < -0.39 is 0 Å². The second-order valence-corrected chi connectivity index (χ2v) is 9.88. The molecule has 0 bridgehead atoms. The maximum atomic E-state index is 13.3. The van der Waals surface area contributed by atoms with E-state index in [2.05, 4.69) is 28.3 Å². The standard InChI is InChI=1S/C24H24Cl2N4OS/c25-18-7-8-21(20(26)14-18)30-23-17(13-16-9-12-32-15-16)5-4-6-19(23)22(27-30)24(31)28-29-10-2-1-3-11-29/h7-9,12-15H,1-6,10-11H2,(H,28,31)/b17-13+. The molecule has 0 atom stereocenters. The number of aromatic nitrogens is 2. The fourth-order valence-corrected chi connectivity index (χ4v) is 5.61. The molecule has 8 heteroatoms. The number of carbonyl (C=O) groups is 1. The van der Waals surface area contributed by atoms with Crippen LogP contribution in [-0.4, -0.2) is 33.8 Å². The highest BCUT2D eigenvalue weighted by molar-refractivity contribution is 7.08. The number of hydrogen-bond acceptors (Lipinski definition) is 4. The number of carbonyl (C=O) groups excluding carboxylic acids is 1. The van der Waals surface area contributed by atoms with Crippen molar-refractivity contribution in [2.24, 2.45) is 0 Å². The summed E-state index contributed by atoms with van der Waals surface area (Å²) in [5, 5.41) is 12.1. The lowest BCUT2D eigenvalue weighted by Gasteiger charge is -2.26. The van der Waals surface area contributed by atoms with Gasteiger partial charge in [-0.05, 0) is 84.3 Å². The van der Waals surface area contributed by atoms with Crippen LogP contribution in [0.3, 0.4) is 0 Å². The molecule has 0 unspecified atom stereocenters. The predicted octanol–water partition coefficient (Wildman–Crippen LogP) is 6.25. The van der Waals surface area contributed by atoms with Crippen LogP contribution in [0.4, 0.5) is 0 Å². The van der Waals surface area contributed by atoms with Crippen LogP contribution in [0.1, 0.15) is 59.4 Å². The highest BCUT2D eigenvalue weighted by Gasteiger charge is 2.30. The van der Waals surface area contributed by atoms with Gasteiger partial charge in [-0.1, -0.05) is 29.6 Å². The third kappa shape index (κ3) is 4.37. The molecule has 5 nitrogen and oxygen atoms in total. The van der Waals surface area contributed by atoms with E-state index in [0.29, 0.717) is 15.7 Å². The number of piperidine rings is 1. The number of hydrogen-bond donors (Lipinski definition) is 1. The van der Waals surface area contributed by atoms with Gasteiger partial charge in [-0.25, -0.2) is 9.69 Å². The van der Waals surface area contributed by atoms with E-state index in [1.807, 2.05) is 15.8 Å². The Kier molecular flexibility index (Phi) is 6.37. The third-order valence-corrected chi connectivity index (χ3v) is 7.25. The van der Waals surface area contributed by atoms with Gasteiger partial charge >= 0.3 is 0 Å². The lowest BCUT2D eigenvalue weighted by atomic mass is 9.90. The van der Waals surface area contributed by atoms with Crippen LogP contribution in [0.5, 0.6) is 0 Å². The number of fused-ring (bicyclic) bond motifs is 1. The Morgan fingerprint density at radius 3 is 2.69 bits per heavy atom. The number of thiophene rings is 1. The molecule has 3 heterocycles. The Balaban J connectivity index is 1.61.